The molecule has 1 atom stereocenters. The molecule has 0 radical (unpaired) electrons. The van der Waals surface area contributed by atoms with E-state index in [0.717, 1.165) is 12.1 Å². The van der Waals surface area contributed by atoms with E-state index in [2.05, 4.69) is 10.6 Å². The molecule has 2 N–H and O–H groups in total. The van der Waals surface area contributed by atoms with Crippen LogP contribution in [0, 0.1) is 11.6 Å². The van der Waals surface area contributed by atoms with E-state index in [1.165, 1.54) is 13.0 Å². The average Bonchev–Trinajstić information content (AvgIpc) is 2.96. The monoisotopic (exact) mass is 447 g/mol. The van der Waals surface area contributed by atoms with Crippen LogP contribution >= 0.6 is 0 Å². The Morgan fingerprint density at radius 3 is 2.38 bits per heavy atom. The van der Waals surface area contributed by atoms with Crippen molar-refractivity contribution in [3.63, 3.8) is 0 Å². The van der Waals surface area contributed by atoms with Crippen molar-refractivity contribution in [2.75, 3.05) is 25.1 Å². The van der Waals surface area contributed by atoms with Gasteiger partial charge in [-0.25, -0.2) is 13.6 Å². The van der Waals surface area contributed by atoms with Gasteiger partial charge < -0.3 is 20.1 Å². The van der Waals surface area contributed by atoms with Crippen molar-refractivity contribution in [3.05, 3.63) is 53.6 Å². The molecule has 2 aromatic rings. The highest BCUT2D eigenvalue weighted by Crippen LogP contribution is 2.32. The Hall–Kier alpha value is -3.69. The number of anilines is 1. The summed E-state index contributed by atoms with van der Waals surface area (Å²) in [7, 11) is 0. The third-order valence-electron chi connectivity index (χ3n) is 4.90. The molecule has 1 saturated heterocycles. The molecule has 0 spiro atoms. The number of hydrogen-bond donors (Lipinski definition) is 2. The Balaban J connectivity index is 1.74. The molecular weight excluding hydrogens is 424 g/mol. The predicted molar refractivity (Wildman–Crippen MR) is 111 cm³/mol. The number of imide groups is 1. The fourth-order valence-electron chi connectivity index (χ4n) is 3.32. The van der Waals surface area contributed by atoms with E-state index in [9.17, 15) is 23.2 Å². The minimum atomic E-state index is -1.63. The molecule has 0 bridgehead atoms. The molecule has 4 amide bonds. The highest BCUT2D eigenvalue weighted by molar-refractivity contribution is 6.10. The number of benzene rings is 2. The SMILES string of the molecule is CCOc1ccc(NC(=O)CN2C(=O)NC(C)(c3ccc(F)c(F)c3)C2=O)cc1OCC. The van der Waals surface area contributed by atoms with Crippen LogP contribution in [0.15, 0.2) is 36.4 Å². The summed E-state index contributed by atoms with van der Waals surface area (Å²) in [5.41, 5.74) is -1.18. The quantitative estimate of drug-likeness (QED) is 0.606. The molecule has 0 saturated carbocycles. The van der Waals surface area contributed by atoms with E-state index < -0.39 is 41.6 Å². The Kier molecular flexibility index (Phi) is 6.61. The van der Waals surface area contributed by atoms with E-state index in [0.29, 0.717) is 35.3 Å². The second kappa shape index (κ2) is 9.21. The molecule has 1 fully saturated rings. The van der Waals surface area contributed by atoms with Gasteiger partial charge in [-0.1, -0.05) is 6.07 Å². The summed E-state index contributed by atoms with van der Waals surface area (Å²) in [6.45, 7) is 5.26. The largest absolute Gasteiger partial charge is 0.490 e. The van der Waals surface area contributed by atoms with Crippen molar-refractivity contribution in [2.45, 2.75) is 26.3 Å². The van der Waals surface area contributed by atoms with Gasteiger partial charge in [0.05, 0.1) is 13.2 Å². The van der Waals surface area contributed by atoms with Crippen LogP contribution in [0.4, 0.5) is 19.3 Å². The van der Waals surface area contributed by atoms with Gasteiger partial charge in [0.15, 0.2) is 23.1 Å². The van der Waals surface area contributed by atoms with Crippen LogP contribution in [0.3, 0.4) is 0 Å². The molecule has 170 valence electrons. The second-order valence-corrected chi connectivity index (χ2v) is 7.15. The summed E-state index contributed by atoms with van der Waals surface area (Å²) >= 11 is 0. The summed E-state index contributed by atoms with van der Waals surface area (Å²) in [5, 5.41) is 5.05. The summed E-state index contributed by atoms with van der Waals surface area (Å²) in [6.07, 6.45) is 0. The van der Waals surface area contributed by atoms with Crippen LogP contribution in [0.2, 0.25) is 0 Å². The third-order valence-corrected chi connectivity index (χ3v) is 4.90. The topological polar surface area (TPSA) is 97.0 Å². The van der Waals surface area contributed by atoms with Crippen molar-refractivity contribution < 1.29 is 32.6 Å². The predicted octanol–water partition coefficient (Wildman–Crippen LogP) is 3.17. The minimum Gasteiger partial charge on any atom is -0.490 e. The van der Waals surface area contributed by atoms with Gasteiger partial charge in [-0.3, -0.25) is 14.5 Å². The highest BCUT2D eigenvalue weighted by Gasteiger charge is 2.49. The van der Waals surface area contributed by atoms with Crippen molar-refractivity contribution in [2.24, 2.45) is 0 Å². The van der Waals surface area contributed by atoms with E-state index in [-0.39, 0.29) is 5.56 Å². The zero-order chi connectivity index (χ0) is 23.5. The number of carbonyl (C=O) groups excluding carboxylic acids is 3. The summed E-state index contributed by atoms with van der Waals surface area (Å²) < 4.78 is 37.9. The van der Waals surface area contributed by atoms with Crippen LogP contribution in [0.1, 0.15) is 26.3 Å². The molecule has 2 aromatic carbocycles. The maximum atomic E-state index is 13.6. The molecule has 10 heteroatoms. The van der Waals surface area contributed by atoms with Gasteiger partial charge in [-0.15, -0.1) is 0 Å². The van der Waals surface area contributed by atoms with E-state index in [1.807, 2.05) is 13.8 Å². The summed E-state index contributed by atoms with van der Waals surface area (Å²) in [5.74, 6) is -2.66. The summed E-state index contributed by atoms with van der Waals surface area (Å²) in [6, 6.07) is 6.90. The number of amides is 4. The fraction of sp³-hybridized carbons (Fsp3) is 0.318. The molecule has 8 nitrogen and oxygen atoms in total. The van der Waals surface area contributed by atoms with Crippen LogP contribution in [-0.4, -0.2) is 42.5 Å². The van der Waals surface area contributed by atoms with Crippen LogP contribution in [-0.2, 0) is 15.1 Å². The molecule has 3 rings (SSSR count). The lowest BCUT2D eigenvalue weighted by molar-refractivity contribution is -0.133. The first-order valence-electron chi connectivity index (χ1n) is 9.98. The number of hydrogen-bond acceptors (Lipinski definition) is 5. The molecule has 0 aromatic heterocycles. The van der Waals surface area contributed by atoms with E-state index in [4.69, 9.17) is 9.47 Å². The van der Waals surface area contributed by atoms with E-state index >= 15 is 0 Å². The number of nitrogens with one attached hydrogen (secondary N) is 2. The van der Waals surface area contributed by atoms with Crippen molar-refractivity contribution >= 4 is 23.5 Å². The molecular formula is C22H23F2N3O5. The van der Waals surface area contributed by atoms with Gasteiger partial charge in [0.2, 0.25) is 5.91 Å². The Morgan fingerprint density at radius 1 is 1.03 bits per heavy atom. The van der Waals surface area contributed by atoms with Crippen LogP contribution in [0.5, 0.6) is 11.5 Å². The minimum absolute atomic E-state index is 0.0607. The highest BCUT2D eigenvalue weighted by atomic mass is 19.2. The fourth-order valence-corrected chi connectivity index (χ4v) is 3.32. The van der Waals surface area contributed by atoms with Gasteiger partial charge in [-0.05, 0) is 50.6 Å². The van der Waals surface area contributed by atoms with Crippen molar-refractivity contribution in [1.82, 2.24) is 10.2 Å². The number of nitrogens with zero attached hydrogens (tertiary/aromatic N) is 1. The van der Waals surface area contributed by atoms with Gasteiger partial charge in [0.25, 0.3) is 5.91 Å². The lowest BCUT2D eigenvalue weighted by Crippen LogP contribution is -2.42. The first-order chi connectivity index (χ1) is 15.2. The molecule has 1 heterocycles. The Labute approximate surface area is 183 Å². The Bertz CT molecular complexity index is 1060. The Morgan fingerprint density at radius 2 is 1.72 bits per heavy atom. The maximum Gasteiger partial charge on any atom is 0.325 e. The number of ether oxygens (including phenoxy) is 2. The lowest BCUT2D eigenvalue weighted by Gasteiger charge is -2.22. The van der Waals surface area contributed by atoms with Gasteiger partial charge >= 0.3 is 6.03 Å². The number of rotatable bonds is 8. The van der Waals surface area contributed by atoms with Gasteiger partial charge in [-0.2, -0.15) is 0 Å². The smallest absolute Gasteiger partial charge is 0.325 e. The van der Waals surface area contributed by atoms with E-state index in [1.54, 1.807) is 18.2 Å². The first kappa shape index (κ1) is 23.0. The second-order valence-electron chi connectivity index (χ2n) is 7.15. The third kappa shape index (κ3) is 4.48. The maximum absolute atomic E-state index is 13.6. The number of carbonyl (C=O) groups is 3. The molecule has 1 aliphatic rings. The standard InChI is InChI=1S/C22H23F2N3O5/c1-4-31-17-9-7-14(11-18(17)32-5-2)25-19(28)12-27-20(29)22(3,26-21(27)30)13-6-8-15(23)16(24)10-13/h6-11H,4-5,12H2,1-3H3,(H,25,28)(H,26,30). The van der Waals surface area contributed by atoms with Gasteiger partial charge in [0, 0.05) is 11.8 Å². The molecule has 1 unspecified atom stereocenters. The summed E-state index contributed by atoms with van der Waals surface area (Å²) in [4.78, 5) is 38.5. The molecule has 1 aliphatic heterocycles. The number of urea groups is 1. The van der Waals surface area contributed by atoms with Gasteiger partial charge in [0.1, 0.15) is 12.1 Å². The van der Waals surface area contributed by atoms with Crippen LogP contribution < -0.4 is 20.1 Å². The van der Waals surface area contributed by atoms with Crippen LogP contribution in [0.25, 0.3) is 0 Å². The molecule has 0 aliphatic carbocycles. The lowest BCUT2D eigenvalue weighted by atomic mass is 9.92. The number of halogens is 2. The first-order valence-corrected chi connectivity index (χ1v) is 9.98. The zero-order valence-electron chi connectivity index (χ0n) is 17.8. The zero-order valence-corrected chi connectivity index (χ0v) is 17.8. The molecule has 32 heavy (non-hydrogen) atoms. The normalized spacial score (nSPS) is 17.8. The van der Waals surface area contributed by atoms with Crippen molar-refractivity contribution in [3.8, 4) is 11.5 Å². The average molecular weight is 447 g/mol. The van der Waals surface area contributed by atoms with Crippen molar-refractivity contribution in [1.29, 1.82) is 0 Å².